The highest BCUT2D eigenvalue weighted by atomic mass is 19.4. The third-order valence-electron chi connectivity index (χ3n) is 2.79. The topological polar surface area (TPSA) is 46.5 Å². The lowest BCUT2D eigenvalue weighted by molar-refractivity contribution is -0.137. The van der Waals surface area contributed by atoms with Crippen LogP contribution in [0, 0.1) is 0 Å². The van der Waals surface area contributed by atoms with Crippen LogP contribution in [0.1, 0.15) is 37.8 Å². The van der Waals surface area contributed by atoms with Gasteiger partial charge in [-0.05, 0) is 36.6 Å². The molecule has 21 heavy (non-hydrogen) atoms. The molecule has 1 N–H and O–H groups in total. The molecule has 0 fully saturated rings. The molecular weight excluding hydrogens is 285 g/mol. The molecule has 3 nitrogen and oxygen atoms in total. The van der Waals surface area contributed by atoms with Gasteiger partial charge in [0.2, 0.25) is 0 Å². The average molecular weight is 302 g/mol. The zero-order valence-corrected chi connectivity index (χ0v) is 11.8. The molecule has 1 rings (SSSR count). The van der Waals surface area contributed by atoms with Gasteiger partial charge in [0.1, 0.15) is 5.75 Å². The maximum Gasteiger partial charge on any atom is 0.416 e. The van der Waals surface area contributed by atoms with Crippen LogP contribution in [-0.2, 0) is 11.0 Å². The molecule has 0 unspecified atom stereocenters. The summed E-state index contributed by atoms with van der Waals surface area (Å²) in [5.41, 5.74) is -0.367. The Balaban J connectivity index is 3.37. The van der Waals surface area contributed by atoms with Crippen LogP contribution in [0.4, 0.5) is 13.2 Å². The van der Waals surface area contributed by atoms with E-state index in [1.165, 1.54) is 6.07 Å². The molecule has 0 atom stereocenters. The predicted octanol–water partition coefficient (Wildman–Crippen LogP) is 4.37. The molecule has 0 aliphatic carbocycles. The van der Waals surface area contributed by atoms with Crippen LogP contribution < -0.4 is 4.74 Å². The fraction of sp³-hybridized carbons (Fsp3) is 0.400. The largest absolute Gasteiger partial charge is 0.493 e. The summed E-state index contributed by atoms with van der Waals surface area (Å²) in [7, 11) is 0. The van der Waals surface area contributed by atoms with Crippen LogP contribution in [-0.4, -0.2) is 17.7 Å². The molecule has 0 spiro atoms. The first-order chi connectivity index (χ1) is 9.79. The summed E-state index contributed by atoms with van der Waals surface area (Å²) in [6.07, 6.45) is -2.59. The Morgan fingerprint density at radius 3 is 2.48 bits per heavy atom. The zero-order chi connectivity index (χ0) is 16.0. The first-order valence-corrected chi connectivity index (χ1v) is 6.57. The third-order valence-corrected chi connectivity index (χ3v) is 2.79. The van der Waals surface area contributed by atoms with E-state index in [2.05, 4.69) is 0 Å². The van der Waals surface area contributed by atoms with E-state index in [9.17, 15) is 18.0 Å². The Bertz CT molecular complexity index is 533. The van der Waals surface area contributed by atoms with Gasteiger partial charge in [0.25, 0.3) is 0 Å². The number of rotatable bonds is 6. The van der Waals surface area contributed by atoms with Gasteiger partial charge in [-0.3, -0.25) is 0 Å². The number of hydrogen-bond acceptors (Lipinski definition) is 2. The summed E-state index contributed by atoms with van der Waals surface area (Å²) < 4.78 is 43.8. The smallest absolute Gasteiger partial charge is 0.416 e. The molecular formula is C15H17F3O3. The Hall–Kier alpha value is -1.98. The van der Waals surface area contributed by atoms with Crippen LogP contribution in [0.2, 0.25) is 0 Å². The number of carboxylic acid groups (broad SMARTS) is 1. The predicted molar refractivity (Wildman–Crippen MR) is 73.1 cm³/mol. The number of aliphatic carboxylic acids is 1. The number of carbonyl (C=O) groups is 1. The maximum absolute atomic E-state index is 12.8. The minimum atomic E-state index is -4.49. The molecule has 0 heterocycles. The van der Waals surface area contributed by atoms with Crippen molar-refractivity contribution in [1.29, 1.82) is 0 Å². The number of carboxylic acids is 1. The molecule has 1 aromatic rings. The molecule has 0 saturated heterocycles. The first kappa shape index (κ1) is 17.1. The number of ether oxygens (including phenoxy) is 1. The van der Waals surface area contributed by atoms with Gasteiger partial charge in [-0.15, -0.1) is 0 Å². The molecule has 0 bridgehead atoms. The van der Waals surface area contributed by atoms with E-state index < -0.39 is 17.7 Å². The lowest BCUT2D eigenvalue weighted by Gasteiger charge is -2.15. The second-order valence-electron chi connectivity index (χ2n) is 4.42. The molecule has 0 radical (unpaired) electrons. The van der Waals surface area contributed by atoms with Gasteiger partial charge >= 0.3 is 12.1 Å². The van der Waals surface area contributed by atoms with Crippen LogP contribution in [0.25, 0.3) is 5.57 Å². The highest BCUT2D eigenvalue weighted by Crippen LogP contribution is 2.36. The number of allylic oxidation sites excluding steroid dienone is 1. The summed E-state index contributed by atoms with van der Waals surface area (Å²) in [5, 5.41) is 8.83. The maximum atomic E-state index is 12.8. The van der Waals surface area contributed by atoms with Gasteiger partial charge in [-0.25, -0.2) is 4.79 Å². The van der Waals surface area contributed by atoms with Crippen molar-refractivity contribution < 1.29 is 27.8 Å². The lowest BCUT2D eigenvalue weighted by Crippen LogP contribution is -2.07. The first-order valence-electron chi connectivity index (χ1n) is 6.57. The Morgan fingerprint density at radius 1 is 1.33 bits per heavy atom. The van der Waals surface area contributed by atoms with Gasteiger partial charge < -0.3 is 9.84 Å². The second kappa shape index (κ2) is 7.15. The molecule has 0 aliphatic heterocycles. The van der Waals surface area contributed by atoms with Crippen LogP contribution in [0.5, 0.6) is 5.75 Å². The van der Waals surface area contributed by atoms with Crippen molar-refractivity contribution in [3.05, 3.63) is 35.4 Å². The van der Waals surface area contributed by atoms with Gasteiger partial charge in [0.15, 0.2) is 0 Å². The van der Waals surface area contributed by atoms with Gasteiger partial charge in [0.05, 0.1) is 12.2 Å². The Labute approximate surface area is 121 Å². The van der Waals surface area contributed by atoms with Crippen LogP contribution >= 0.6 is 0 Å². The van der Waals surface area contributed by atoms with Crippen molar-refractivity contribution >= 4 is 11.5 Å². The van der Waals surface area contributed by atoms with Crippen molar-refractivity contribution in [3.8, 4) is 5.75 Å². The van der Waals surface area contributed by atoms with Crippen molar-refractivity contribution in [2.75, 3.05) is 6.61 Å². The second-order valence-corrected chi connectivity index (χ2v) is 4.42. The number of benzene rings is 1. The van der Waals surface area contributed by atoms with Crippen molar-refractivity contribution in [2.45, 2.75) is 32.9 Å². The molecule has 0 aromatic heterocycles. The number of hydrogen-bond donors (Lipinski definition) is 1. The van der Waals surface area contributed by atoms with Gasteiger partial charge in [0, 0.05) is 11.6 Å². The summed E-state index contributed by atoms with van der Waals surface area (Å²) in [4.78, 5) is 10.8. The standard InChI is InChI=1S/C15H17F3O3/c1-3-7-21-13-6-5-11(15(16,17)18)9-12(13)10(4-2)8-14(19)20/h5-6,8-9H,3-4,7H2,1-2H3,(H,19,20)/b10-8+. The van der Waals surface area contributed by atoms with Crippen molar-refractivity contribution in [1.82, 2.24) is 0 Å². The van der Waals surface area contributed by atoms with E-state index in [-0.39, 0.29) is 17.7 Å². The molecule has 0 amide bonds. The minimum absolute atomic E-state index is 0.170. The monoisotopic (exact) mass is 302 g/mol. The third kappa shape index (κ3) is 4.81. The van der Waals surface area contributed by atoms with E-state index >= 15 is 0 Å². The zero-order valence-electron chi connectivity index (χ0n) is 11.8. The SMILES string of the molecule is CCCOc1ccc(C(F)(F)F)cc1/C(=C/C(=O)O)CC. The Kier molecular flexibility index (Phi) is 5.81. The Morgan fingerprint density at radius 2 is 2.00 bits per heavy atom. The normalized spacial score (nSPS) is 12.3. The summed E-state index contributed by atoms with van der Waals surface area (Å²) in [6.45, 7) is 3.90. The highest BCUT2D eigenvalue weighted by molar-refractivity contribution is 5.91. The van der Waals surface area contributed by atoms with Crippen LogP contribution in [0.3, 0.4) is 0 Å². The molecule has 116 valence electrons. The quantitative estimate of drug-likeness (QED) is 0.794. The van der Waals surface area contributed by atoms with E-state index in [1.54, 1.807) is 6.92 Å². The van der Waals surface area contributed by atoms with E-state index in [0.717, 1.165) is 18.2 Å². The van der Waals surface area contributed by atoms with E-state index in [1.807, 2.05) is 6.92 Å². The van der Waals surface area contributed by atoms with Crippen LogP contribution in [0.15, 0.2) is 24.3 Å². The van der Waals surface area contributed by atoms with Gasteiger partial charge in [-0.2, -0.15) is 13.2 Å². The van der Waals surface area contributed by atoms with E-state index in [4.69, 9.17) is 9.84 Å². The summed E-state index contributed by atoms with van der Waals surface area (Å²) in [6, 6.07) is 3.10. The summed E-state index contributed by atoms with van der Waals surface area (Å²) >= 11 is 0. The van der Waals surface area contributed by atoms with Crippen molar-refractivity contribution in [3.63, 3.8) is 0 Å². The van der Waals surface area contributed by atoms with E-state index in [0.29, 0.717) is 18.6 Å². The number of alkyl halides is 3. The minimum Gasteiger partial charge on any atom is -0.493 e. The molecule has 6 heteroatoms. The van der Waals surface area contributed by atoms with Gasteiger partial charge in [-0.1, -0.05) is 13.8 Å². The molecule has 0 saturated carbocycles. The summed E-state index contributed by atoms with van der Waals surface area (Å²) in [5.74, 6) is -0.940. The lowest BCUT2D eigenvalue weighted by atomic mass is 9.99. The molecule has 1 aromatic carbocycles. The van der Waals surface area contributed by atoms with Crippen molar-refractivity contribution in [2.24, 2.45) is 0 Å². The molecule has 0 aliphatic rings. The number of halogens is 3. The average Bonchev–Trinajstić information content (AvgIpc) is 2.41. The fourth-order valence-electron chi connectivity index (χ4n) is 1.81. The highest BCUT2D eigenvalue weighted by Gasteiger charge is 2.31. The fourth-order valence-corrected chi connectivity index (χ4v) is 1.81.